The number of aliphatic imine (C=N–C) groups is 1. The third-order valence-corrected chi connectivity index (χ3v) is 6.16. The molecule has 1 aliphatic heterocycles. The molecular weight excluding hydrogens is 358 g/mol. The van der Waals surface area contributed by atoms with Crippen molar-refractivity contribution < 1.29 is 4.74 Å². The van der Waals surface area contributed by atoms with E-state index >= 15 is 0 Å². The van der Waals surface area contributed by atoms with E-state index in [1.807, 2.05) is 6.20 Å². The van der Waals surface area contributed by atoms with Crippen LogP contribution in [0, 0.1) is 12.8 Å². The zero-order valence-electron chi connectivity index (χ0n) is 17.5. The van der Waals surface area contributed by atoms with E-state index in [-0.39, 0.29) is 0 Å². The Balaban J connectivity index is 1.94. The Morgan fingerprint density at radius 3 is 2.59 bits per heavy atom. The minimum atomic E-state index is 0.487. The molecule has 2 rings (SSSR count). The van der Waals surface area contributed by atoms with Gasteiger partial charge >= 0.3 is 0 Å². The maximum atomic E-state index is 5.55. The fourth-order valence-corrected chi connectivity index (χ4v) is 4.42. The number of hydrogen-bond acceptors (Lipinski definition) is 5. The Labute approximate surface area is 168 Å². The number of ether oxygens (including phenoxy) is 1. The topological polar surface area (TPSA) is 61.8 Å². The summed E-state index contributed by atoms with van der Waals surface area (Å²) in [6, 6.07) is 0.487. The normalized spacial score (nSPS) is 17.3. The number of nitrogens with one attached hydrogen (secondary N) is 2. The highest BCUT2D eigenvalue weighted by atomic mass is 32.1. The fourth-order valence-electron chi connectivity index (χ4n) is 3.64. The second kappa shape index (κ2) is 12.3. The summed E-state index contributed by atoms with van der Waals surface area (Å²) < 4.78 is 5.55. The molecule has 0 bridgehead atoms. The molecule has 27 heavy (non-hydrogen) atoms. The van der Waals surface area contributed by atoms with E-state index in [1.165, 1.54) is 22.7 Å². The molecule has 1 aromatic rings. The van der Waals surface area contributed by atoms with Crippen LogP contribution in [0.25, 0.3) is 0 Å². The number of morpholine rings is 1. The molecule has 1 aliphatic rings. The lowest BCUT2D eigenvalue weighted by Crippen LogP contribution is -2.49. The van der Waals surface area contributed by atoms with Crippen molar-refractivity contribution in [2.45, 2.75) is 53.0 Å². The van der Waals surface area contributed by atoms with Gasteiger partial charge < -0.3 is 15.4 Å². The van der Waals surface area contributed by atoms with Gasteiger partial charge in [0.05, 0.1) is 24.8 Å². The first-order chi connectivity index (χ1) is 13.2. The van der Waals surface area contributed by atoms with Gasteiger partial charge in [0.25, 0.3) is 0 Å². The van der Waals surface area contributed by atoms with Gasteiger partial charge in [0.15, 0.2) is 5.96 Å². The van der Waals surface area contributed by atoms with E-state index in [9.17, 15) is 0 Å². The molecule has 154 valence electrons. The van der Waals surface area contributed by atoms with Gasteiger partial charge in [-0.2, -0.15) is 0 Å². The molecule has 2 N–H and O–H groups in total. The largest absolute Gasteiger partial charge is 0.379 e. The van der Waals surface area contributed by atoms with Gasteiger partial charge in [0.1, 0.15) is 0 Å². The second-order valence-electron chi connectivity index (χ2n) is 7.05. The molecule has 1 atom stereocenters. The van der Waals surface area contributed by atoms with Gasteiger partial charge in [-0.25, -0.2) is 4.98 Å². The van der Waals surface area contributed by atoms with Crippen LogP contribution in [0.2, 0.25) is 0 Å². The zero-order chi connectivity index (χ0) is 19.5. The molecule has 0 spiro atoms. The lowest BCUT2D eigenvalue weighted by molar-refractivity contribution is 0.00395. The standard InChI is InChI=1S/C20H37N5OS/c1-5-17(6-2)18(25-10-12-26-13-11-25)15-24-20(21-7-3)22-9-8-19-23-14-16(4)27-19/h14,17-18H,5-13,15H2,1-4H3,(H2,21,22,24). The third kappa shape index (κ3) is 7.39. The van der Waals surface area contributed by atoms with Gasteiger partial charge in [-0.3, -0.25) is 9.89 Å². The number of guanidine groups is 1. The highest BCUT2D eigenvalue weighted by molar-refractivity contribution is 7.11. The number of aromatic nitrogens is 1. The van der Waals surface area contributed by atoms with Crippen molar-refractivity contribution in [3.05, 3.63) is 16.1 Å². The molecule has 1 unspecified atom stereocenters. The first kappa shape index (κ1) is 22.1. The quantitative estimate of drug-likeness (QED) is 0.471. The predicted molar refractivity (Wildman–Crippen MR) is 115 cm³/mol. The highest BCUT2D eigenvalue weighted by Gasteiger charge is 2.26. The van der Waals surface area contributed by atoms with Crippen LogP contribution in [0.4, 0.5) is 0 Å². The Kier molecular flexibility index (Phi) is 10.1. The van der Waals surface area contributed by atoms with Gasteiger partial charge in [-0.1, -0.05) is 26.7 Å². The Morgan fingerprint density at radius 2 is 2.00 bits per heavy atom. The number of aryl methyl sites for hydroxylation is 1. The van der Waals surface area contributed by atoms with Crippen molar-refractivity contribution in [1.29, 1.82) is 0 Å². The molecule has 0 saturated carbocycles. The van der Waals surface area contributed by atoms with Crippen molar-refractivity contribution in [2.75, 3.05) is 45.9 Å². The van der Waals surface area contributed by atoms with Crippen molar-refractivity contribution >= 4 is 17.3 Å². The van der Waals surface area contributed by atoms with Crippen LogP contribution in [0.1, 0.15) is 43.5 Å². The first-order valence-corrected chi connectivity index (χ1v) is 11.2. The van der Waals surface area contributed by atoms with Crippen molar-refractivity contribution in [3.63, 3.8) is 0 Å². The SMILES string of the molecule is CCNC(=NCC(C(CC)CC)N1CCOCC1)NCCc1ncc(C)s1. The van der Waals surface area contributed by atoms with E-state index < -0.39 is 0 Å². The molecule has 0 radical (unpaired) electrons. The maximum Gasteiger partial charge on any atom is 0.191 e. The minimum Gasteiger partial charge on any atom is -0.379 e. The number of rotatable bonds is 10. The van der Waals surface area contributed by atoms with Gasteiger partial charge in [0, 0.05) is 49.7 Å². The van der Waals surface area contributed by atoms with Gasteiger partial charge in [-0.05, 0) is 19.8 Å². The maximum absolute atomic E-state index is 5.55. The Morgan fingerprint density at radius 1 is 1.26 bits per heavy atom. The van der Waals surface area contributed by atoms with E-state index in [2.05, 4.69) is 48.2 Å². The summed E-state index contributed by atoms with van der Waals surface area (Å²) in [6.07, 6.45) is 5.27. The summed E-state index contributed by atoms with van der Waals surface area (Å²) in [4.78, 5) is 13.2. The third-order valence-electron chi connectivity index (χ3n) is 5.19. The molecule has 1 fully saturated rings. The van der Waals surface area contributed by atoms with Crippen molar-refractivity contribution in [3.8, 4) is 0 Å². The van der Waals surface area contributed by atoms with E-state index in [0.717, 1.165) is 58.3 Å². The van der Waals surface area contributed by atoms with Crippen molar-refractivity contribution in [2.24, 2.45) is 10.9 Å². The van der Waals surface area contributed by atoms with Crippen LogP contribution in [0.5, 0.6) is 0 Å². The average molecular weight is 396 g/mol. The van der Waals surface area contributed by atoms with Crippen LogP contribution >= 0.6 is 11.3 Å². The molecule has 0 aliphatic carbocycles. The lowest BCUT2D eigenvalue weighted by Gasteiger charge is -2.38. The predicted octanol–water partition coefficient (Wildman–Crippen LogP) is 2.69. The number of thiazole rings is 1. The summed E-state index contributed by atoms with van der Waals surface area (Å²) >= 11 is 1.77. The summed E-state index contributed by atoms with van der Waals surface area (Å²) in [5, 5.41) is 8.04. The Bertz CT molecular complexity index is 552. The highest BCUT2D eigenvalue weighted by Crippen LogP contribution is 2.20. The monoisotopic (exact) mass is 395 g/mol. The summed E-state index contributed by atoms with van der Waals surface area (Å²) in [5.74, 6) is 1.59. The fraction of sp³-hybridized carbons (Fsp3) is 0.800. The van der Waals surface area contributed by atoms with Crippen LogP contribution in [-0.2, 0) is 11.2 Å². The molecule has 2 heterocycles. The van der Waals surface area contributed by atoms with Crippen LogP contribution in [0.3, 0.4) is 0 Å². The van der Waals surface area contributed by atoms with Gasteiger partial charge in [-0.15, -0.1) is 11.3 Å². The second-order valence-corrected chi connectivity index (χ2v) is 8.37. The molecule has 6 nitrogen and oxygen atoms in total. The molecule has 0 aromatic carbocycles. The summed E-state index contributed by atoms with van der Waals surface area (Å²) in [7, 11) is 0. The van der Waals surface area contributed by atoms with Crippen molar-refractivity contribution in [1.82, 2.24) is 20.5 Å². The van der Waals surface area contributed by atoms with Crippen LogP contribution in [-0.4, -0.2) is 67.8 Å². The van der Waals surface area contributed by atoms with Crippen LogP contribution in [0.15, 0.2) is 11.2 Å². The number of nitrogens with zero attached hydrogens (tertiary/aromatic N) is 3. The molecule has 1 aromatic heterocycles. The van der Waals surface area contributed by atoms with E-state index in [0.29, 0.717) is 12.0 Å². The van der Waals surface area contributed by atoms with Gasteiger partial charge in [0.2, 0.25) is 0 Å². The number of hydrogen-bond donors (Lipinski definition) is 2. The summed E-state index contributed by atoms with van der Waals surface area (Å²) in [5.41, 5.74) is 0. The molecular formula is C20H37N5OS. The lowest BCUT2D eigenvalue weighted by atomic mass is 9.92. The first-order valence-electron chi connectivity index (χ1n) is 10.4. The minimum absolute atomic E-state index is 0.487. The average Bonchev–Trinajstić information content (AvgIpc) is 3.10. The summed E-state index contributed by atoms with van der Waals surface area (Å²) in [6.45, 7) is 15.1. The smallest absolute Gasteiger partial charge is 0.191 e. The molecule has 0 amide bonds. The van der Waals surface area contributed by atoms with E-state index in [4.69, 9.17) is 9.73 Å². The van der Waals surface area contributed by atoms with E-state index in [1.54, 1.807) is 11.3 Å². The zero-order valence-corrected chi connectivity index (χ0v) is 18.3. The van der Waals surface area contributed by atoms with Crippen LogP contribution < -0.4 is 10.6 Å². The molecule has 7 heteroatoms. The molecule has 1 saturated heterocycles. The Hall–Kier alpha value is -1.18.